The van der Waals surface area contributed by atoms with E-state index in [0.717, 1.165) is 6.42 Å². The summed E-state index contributed by atoms with van der Waals surface area (Å²) < 4.78 is 0. The highest BCUT2D eigenvalue weighted by atomic mass is 15.2. The molecule has 1 nitrogen and oxygen atoms in total. The van der Waals surface area contributed by atoms with Crippen LogP contribution in [0.15, 0.2) is 48.5 Å². The molecule has 2 aromatic carbocycles. The van der Waals surface area contributed by atoms with Crippen LogP contribution in [0.25, 0.3) is 0 Å². The third-order valence-electron chi connectivity index (χ3n) is 5.79. The van der Waals surface area contributed by atoms with Crippen LogP contribution in [0.2, 0.25) is 0 Å². The molecule has 138 valence electrons. The van der Waals surface area contributed by atoms with Crippen molar-refractivity contribution >= 4 is 5.69 Å². The van der Waals surface area contributed by atoms with E-state index in [1.165, 1.54) is 22.4 Å². The first-order valence-electron chi connectivity index (χ1n) is 9.82. The van der Waals surface area contributed by atoms with Crippen molar-refractivity contribution in [1.82, 2.24) is 0 Å². The highest BCUT2D eigenvalue weighted by molar-refractivity contribution is 5.67. The molecule has 1 heteroatoms. The Hall–Kier alpha value is -1.76. The number of anilines is 1. The molecule has 3 rings (SSSR count). The molecule has 1 saturated heterocycles. The number of hydrogen-bond donors (Lipinski definition) is 0. The van der Waals surface area contributed by atoms with Crippen LogP contribution in [0.1, 0.15) is 76.5 Å². The number of para-hydroxylation sites is 1. The molecule has 0 saturated carbocycles. The molecule has 0 N–H and O–H groups in total. The lowest BCUT2D eigenvalue weighted by Crippen LogP contribution is -2.37. The maximum Gasteiger partial charge on any atom is 0.0602 e. The van der Waals surface area contributed by atoms with Crippen LogP contribution in [0.4, 0.5) is 5.69 Å². The van der Waals surface area contributed by atoms with Crippen molar-refractivity contribution in [3.8, 4) is 0 Å². The van der Waals surface area contributed by atoms with Crippen molar-refractivity contribution in [2.75, 3.05) is 4.90 Å². The van der Waals surface area contributed by atoms with E-state index in [2.05, 4.69) is 108 Å². The van der Waals surface area contributed by atoms with Gasteiger partial charge in [-0.15, -0.1) is 0 Å². The minimum absolute atomic E-state index is 0.0382. The molecule has 1 fully saturated rings. The Kier molecular flexibility index (Phi) is 4.94. The highest BCUT2D eigenvalue weighted by Gasteiger charge is 2.48. The fraction of sp³-hybridized carbons (Fsp3) is 0.440. The Morgan fingerprint density at radius 1 is 0.885 bits per heavy atom. The van der Waals surface area contributed by atoms with Crippen molar-refractivity contribution in [3.63, 3.8) is 0 Å². The van der Waals surface area contributed by atoms with Crippen LogP contribution in [-0.4, -0.2) is 5.54 Å². The minimum atomic E-state index is 0.0382. The molecular weight excluding hydrogens is 314 g/mol. The lowest BCUT2D eigenvalue weighted by Gasteiger charge is -2.37. The molecular formula is C25H33N. The first kappa shape index (κ1) is 19.0. The predicted octanol–water partition coefficient (Wildman–Crippen LogP) is 6.86. The van der Waals surface area contributed by atoms with Crippen molar-refractivity contribution in [2.45, 2.75) is 70.8 Å². The quantitative estimate of drug-likeness (QED) is 0.584. The van der Waals surface area contributed by atoms with Crippen LogP contribution >= 0.6 is 0 Å². The van der Waals surface area contributed by atoms with Crippen LogP contribution in [0.5, 0.6) is 0 Å². The number of benzene rings is 2. The lowest BCUT2D eigenvalue weighted by molar-refractivity contribution is 0.449. The van der Waals surface area contributed by atoms with Gasteiger partial charge in [-0.1, -0.05) is 76.2 Å². The van der Waals surface area contributed by atoms with Gasteiger partial charge in [0.2, 0.25) is 0 Å². The maximum absolute atomic E-state index is 4.34. The van der Waals surface area contributed by atoms with Crippen LogP contribution < -0.4 is 4.90 Å². The standard InChI is InChI=1S/C25H33N/c1-18(2)21-14-11-15-22(19(3)4)23(21)26-17-25(7,16-24(26,5)6)20-12-9-8-10-13-20/h8-15,17-19H,1,16H2,2-7H3. The van der Waals surface area contributed by atoms with Gasteiger partial charge in [0.05, 0.1) is 6.54 Å². The molecule has 0 amide bonds. The summed E-state index contributed by atoms with van der Waals surface area (Å²) >= 11 is 0. The minimum Gasteiger partial charge on any atom is -0.360 e. The second-order valence-corrected chi connectivity index (χ2v) is 9.11. The van der Waals surface area contributed by atoms with Crippen molar-refractivity contribution in [2.24, 2.45) is 0 Å². The molecule has 26 heavy (non-hydrogen) atoms. The topological polar surface area (TPSA) is 3.24 Å². The summed E-state index contributed by atoms with van der Waals surface area (Å²) in [4.78, 5) is 2.55. The Labute approximate surface area is 160 Å². The van der Waals surface area contributed by atoms with Crippen molar-refractivity contribution in [1.29, 1.82) is 0 Å². The molecule has 2 aromatic rings. The molecule has 2 radical (unpaired) electrons. The van der Waals surface area contributed by atoms with E-state index in [0.29, 0.717) is 5.92 Å². The molecule has 0 spiro atoms. The molecule has 0 bridgehead atoms. The van der Waals surface area contributed by atoms with Gasteiger partial charge in [0.25, 0.3) is 0 Å². The third kappa shape index (κ3) is 3.29. The largest absolute Gasteiger partial charge is 0.360 e. The Morgan fingerprint density at radius 3 is 2.08 bits per heavy atom. The molecule has 1 heterocycles. The van der Waals surface area contributed by atoms with Gasteiger partial charge in [0.15, 0.2) is 0 Å². The number of nitrogens with zero attached hydrogens (tertiary/aromatic N) is 1. The Balaban J connectivity index is 2.13. The zero-order valence-electron chi connectivity index (χ0n) is 17.2. The first-order valence-corrected chi connectivity index (χ1v) is 9.82. The molecule has 1 aliphatic heterocycles. The average molecular weight is 348 g/mol. The van der Waals surface area contributed by atoms with E-state index in [1.54, 1.807) is 0 Å². The van der Waals surface area contributed by atoms with Gasteiger partial charge in [-0.3, -0.25) is 0 Å². The predicted molar refractivity (Wildman–Crippen MR) is 114 cm³/mol. The zero-order chi connectivity index (χ0) is 19.1. The van der Waals surface area contributed by atoms with Gasteiger partial charge in [-0.05, 0) is 55.7 Å². The van der Waals surface area contributed by atoms with Crippen molar-refractivity contribution < 1.29 is 0 Å². The maximum atomic E-state index is 4.34. The lowest BCUT2D eigenvalue weighted by atomic mass is 9.78. The average Bonchev–Trinajstić information content (AvgIpc) is 2.85. The van der Waals surface area contributed by atoms with Gasteiger partial charge in [-0.2, -0.15) is 0 Å². The van der Waals surface area contributed by atoms with Crippen LogP contribution in [-0.2, 0) is 5.41 Å². The highest BCUT2D eigenvalue weighted by Crippen LogP contribution is 2.51. The monoisotopic (exact) mass is 347 g/mol. The van der Waals surface area contributed by atoms with E-state index in [-0.39, 0.29) is 16.9 Å². The van der Waals surface area contributed by atoms with E-state index in [1.807, 2.05) is 0 Å². The second kappa shape index (κ2) is 6.76. The SMILES string of the molecule is [CH2]C(C)c1cccc(C(C)C)c1N1[CH]C(C)(c2ccccc2)CC1(C)C. The molecule has 2 atom stereocenters. The van der Waals surface area contributed by atoms with E-state index < -0.39 is 0 Å². The van der Waals surface area contributed by atoms with Gasteiger partial charge in [0.1, 0.15) is 0 Å². The van der Waals surface area contributed by atoms with Gasteiger partial charge < -0.3 is 4.90 Å². The van der Waals surface area contributed by atoms with E-state index >= 15 is 0 Å². The summed E-state index contributed by atoms with van der Waals surface area (Å²) in [6.45, 7) is 20.7. The fourth-order valence-corrected chi connectivity index (χ4v) is 4.57. The third-order valence-corrected chi connectivity index (χ3v) is 5.79. The number of rotatable bonds is 4. The summed E-state index contributed by atoms with van der Waals surface area (Å²) in [5.41, 5.74) is 5.62. The number of hydrogen-bond acceptors (Lipinski definition) is 1. The Morgan fingerprint density at radius 2 is 1.50 bits per heavy atom. The smallest absolute Gasteiger partial charge is 0.0602 e. The fourth-order valence-electron chi connectivity index (χ4n) is 4.57. The zero-order valence-corrected chi connectivity index (χ0v) is 17.2. The summed E-state index contributed by atoms with van der Waals surface area (Å²) in [5, 5.41) is 0. The van der Waals surface area contributed by atoms with Crippen LogP contribution in [0.3, 0.4) is 0 Å². The Bertz CT molecular complexity index is 731. The second-order valence-electron chi connectivity index (χ2n) is 9.11. The van der Waals surface area contributed by atoms with Gasteiger partial charge in [0, 0.05) is 16.6 Å². The van der Waals surface area contributed by atoms with Gasteiger partial charge in [-0.25, -0.2) is 0 Å². The van der Waals surface area contributed by atoms with Gasteiger partial charge >= 0.3 is 0 Å². The molecule has 0 aliphatic carbocycles. The molecule has 0 aromatic heterocycles. The van der Waals surface area contributed by atoms with E-state index in [4.69, 9.17) is 0 Å². The summed E-state index contributed by atoms with van der Waals surface area (Å²) in [7, 11) is 0. The normalized spacial score (nSPS) is 22.4. The molecule has 1 aliphatic rings. The summed E-state index contributed by atoms with van der Waals surface area (Å²) in [5.74, 6) is 0.743. The van der Waals surface area contributed by atoms with E-state index in [9.17, 15) is 0 Å². The van der Waals surface area contributed by atoms with Crippen LogP contribution in [0, 0.1) is 13.5 Å². The molecule has 2 unspecified atom stereocenters. The summed E-state index contributed by atoms with van der Waals surface area (Å²) in [6, 6.07) is 17.6. The summed E-state index contributed by atoms with van der Waals surface area (Å²) in [6.07, 6.45) is 1.10. The first-order chi connectivity index (χ1) is 12.2. The van der Waals surface area contributed by atoms with Crippen molar-refractivity contribution in [3.05, 3.63) is 78.7 Å².